The Bertz CT molecular complexity index is 586. The molecule has 1 N–H and O–H groups in total. The molecule has 0 saturated carbocycles. The van der Waals surface area contributed by atoms with E-state index in [1.54, 1.807) is 19.1 Å². The molecule has 1 unspecified atom stereocenters. The molecule has 0 radical (unpaired) electrons. The highest BCUT2D eigenvalue weighted by molar-refractivity contribution is 8.13. The topological polar surface area (TPSA) is 72.5 Å². The van der Waals surface area contributed by atoms with Crippen LogP contribution < -0.4 is 5.32 Å². The van der Waals surface area contributed by atoms with Crippen molar-refractivity contribution in [3.63, 3.8) is 0 Å². The number of hydrogen-bond acceptors (Lipinski definition) is 4. The lowest BCUT2D eigenvalue weighted by atomic mass is 9.91. The van der Waals surface area contributed by atoms with Crippen molar-refractivity contribution in [3.05, 3.63) is 29.8 Å². The minimum atomic E-state index is -3.79. The average molecular weight is 290 g/mol. The Morgan fingerprint density at radius 1 is 1.44 bits per heavy atom. The first kappa shape index (κ1) is 13.2. The van der Waals surface area contributed by atoms with Crippen molar-refractivity contribution in [2.45, 2.75) is 23.8 Å². The van der Waals surface area contributed by atoms with Gasteiger partial charge < -0.3 is 10.1 Å². The molecule has 1 fully saturated rings. The summed E-state index contributed by atoms with van der Waals surface area (Å²) in [5, 5.41) is 2.55. The molecule has 18 heavy (non-hydrogen) atoms. The van der Waals surface area contributed by atoms with Crippen molar-refractivity contribution >= 4 is 25.8 Å². The molecular formula is C11H12ClNO4S. The predicted molar refractivity (Wildman–Crippen MR) is 65.9 cm³/mol. The second kappa shape index (κ2) is 4.44. The van der Waals surface area contributed by atoms with E-state index in [0.29, 0.717) is 18.5 Å². The minimum Gasteiger partial charge on any atom is -0.438 e. The highest BCUT2D eigenvalue weighted by Crippen LogP contribution is 2.32. The normalized spacial score (nSPS) is 24.2. The Morgan fingerprint density at radius 3 is 2.78 bits per heavy atom. The molecule has 1 aliphatic rings. The molecule has 5 nitrogen and oxygen atoms in total. The van der Waals surface area contributed by atoms with E-state index in [1.165, 1.54) is 12.1 Å². The molecule has 7 heteroatoms. The van der Waals surface area contributed by atoms with Crippen LogP contribution >= 0.6 is 10.7 Å². The van der Waals surface area contributed by atoms with Gasteiger partial charge >= 0.3 is 6.09 Å². The Morgan fingerprint density at radius 2 is 2.17 bits per heavy atom. The van der Waals surface area contributed by atoms with Crippen molar-refractivity contribution < 1.29 is 17.9 Å². The zero-order valence-electron chi connectivity index (χ0n) is 9.64. The third-order valence-electron chi connectivity index (χ3n) is 2.92. The summed E-state index contributed by atoms with van der Waals surface area (Å²) in [6.07, 6.45) is 0.0488. The smallest absolute Gasteiger partial charge is 0.408 e. The van der Waals surface area contributed by atoms with Gasteiger partial charge in [-0.2, -0.15) is 0 Å². The molecular weight excluding hydrogens is 278 g/mol. The quantitative estimate of drug-likeness (QED) is 0.845. The van der Waals surface area contributed by atoms with Crippen molar-refractivity contribution in [3.8, 4) is 0 Å². The first-order valence-electron chi connectivity index (χ1n) is 5.33. The fraction of sp³-hybridized carbons (Fsp3) is 0.364. The van der Waals surface area contributed by atoms with Crippen LogP contribution in [0.3, 0.4) is 0 Å². The Balaban J connectivity index is 2.42. The summed E-state index contributed by atoms with van der Waals surface area (Å²) in [5.41, 5.74) is -0.223. The van der Waals surface area contributed by atoms with Crippen LogP contribution in [0.15, 0.2) is 29.2 Å². The Hall–Kier alpha value is -1.27. The predicted octanol–water partition coefficient (Wildman–Crippen LogP) is 1.96. The molecule has 1 saturated heterocycles. The molecule has 1 aromatic rings. The van der Waals surface area contributed by atoms with E-state index in [0.717, 1.165) is 0 Å². The Kier molecular flexibility index (Phi) is 3.25. The van der Waals surface area contributed by atoms with Crippen LogP contribution in [0.5, 0.6) is 0 Å². The third-order valence-corrected chi connectivity index (χ3v) is 4.27. The van der Waals surface area contributed by atoms with Crippen LogP contribution in [0, 0.1) is 0 Å². The van der Waals surface area contributed by atoms with Crippen LogP contribution in [-0.2, 0) is 19.4 Å². The van der Waals surface area contributed by atoms with Crippen LogP contribution in [0.4, 0.5) is 4.79 Å². The van der Waals surface area contributed by atoms with Crippen LogP contribution in [0.25, 0.3) is 0 Å². The van der Waals surface area contributed by atoms with Gasteiger partial charge in [-0.3, -0.25) is 0 Å². The number of rotatable bonds is 2. The van der Waals surface area contributed by atoms with Gasteiger partial charge in [-0.25, -0.2) is 13.2 Å². The lowest BCUT2D eigenvalue weighted by Gasteiger charge is -2.34. The maximum atomic E-state index is 11.3. The summed E-state index contributed by atoms with van der Waals surface area (Å²) in [6.45, 7) is 2.22. The van der Waals surface area contributed by atoms with Crippen LogP contribution in [-0.4, -0.2) is 21.1 Å². The lowest BCUT2D eigenvalue weighted by molar-refractivity contribution is -0.00287. The highest BCUT2D eigenvalue weighted by Gasteiger charge is 2.34. The van der Waals surface area contributed by atoms with E-state index < -0.39 is 20.7 Å². The molecule has 0 aliphatic carbocycles. The van der Waals surface area contributed by atoms with E-state index in [9.17, 15) is 13.2 Å². The lowest BCUT2D eigenvalue weighted by Crippen LogP contribution is -2.43. The van der Waals surface area contributed by atoms with Gasteiger partial charge in [0, 0.05) is 23.6 Å². The molecule has 0 aromatic heterocycles. The third kappa shape index (κ3) is 2.59. The zero-order valence-corrected chi connectivity index (χ0v) is 11.2. The van der Waals surface area contributed by atoms with E-state index in [4.69, 9.17) is 15.4 Å². The number of benzene rings is 1. The number of nitrogens with one attached hydrogen (secondary N) is 1. The molecule has 1 aromatic carbocycles. The summed E-state index contributed by atoms with van der Waals surface area (Å²) >= 11 is 0. The van der Waals surface area contributed by atoms with Gasteiger partial charge in [0.25, 0.3) is 9.05 Å². The molecule has 1 amide bonds. The van der Waals surface area contributed by atoms with Crippen molar-refractivity contribution in [2.24, 2.45) is 0 Å². The molecule has 2 rings (SSSR count). The molecule has 0 bridgehead atoms. The second-order valence-corrected chi connectivity index (χ2v) is 6.83. The molecule has 1 atom stereocenters. The summed E-state index contributed by atoms with van der Waals surface area (Å²) in [5.74, 6) is 0. The summed E-state index contributed by atoms with van der Waals surface area (Å²) in [4.78, 5) is 11.3. The first-order valence-corrected chi connectivity index (χ1v) is 7.64. The van der Waals surface area contributed by atoms with Gasteiger partial charge in [-0.1, -0.05) is 12.1 Å². The number of halogens is 1. The minimum absolute atomic E-state index is 0.00234. The molecule has 0 spiro atoms. The highest BCUT2D eigenvalue weighted by atomic mass is 35.7. The number of amides is 1. The number of carbonyl (C=O) groups excluding carboxylic acids is 1. The van der Waals surface area contributed by atoms with Crippen LogP contribution in [0.1, 0.15) is 18.9 Å². The summed E-state index contributed by atoms with van der Waals surface area (Å²) < 4.78 is 27.8. The summed E-state index contributed by atoms with van der Waals surface area (Å²) in [7, 11) is 1.51. The van der Waals surface area contributed by atoms with Crippen molar-refractivity contribution in [1.82, 2.24) is 5.32 Å². The number of hydrogen-bond donors (Lipinski definition) is 1. The maximum absolute atomic E-state index is 11.3. The van der Waals surface area contributed by atoms with Gasteiger partial charge in [0.2, 0.25) is 0 Å². The van der Waals surface area contributed by atoms with E-state index in [2.05, 4.69) is 5.32 Å². The number of alkyl carbamates (subject to hydrolysis) is 1. The van der Waals surface area contributed by atoms with Gasteiger partial charge in [0.1, 0.15) is 5.60 Å². The fourth-order valence-electron chi connectivity index (χ4n) is 1.87. The van der Waals surface area contributed by atoms with Gasteiger partial charge in [0.15, 0.2) is 0 Å². The van der Waals surface area contributed by atoms with Gasteiger partial charge in [-0.05, 0) is 24.6 Å². The number of cyclic esters (lactones) is 1. The van der Waals surface area contributed by atoms with Crippen LogP contribution in [0.2, 0.25) is 0 Å². The van der Waals surface area contributed by atoms with Gasteiger partial charge in [0.05, 0.1) is 4.90 Å². The first-order chi connectivity index (χ1) is 8.31. The van der Waals surface area contributed by atoms with E-state index >= 15 is 0 Å². The van der Waals surface area contributed by atoms with Crippen molar-refractivity contribution in [1.29, 1.82) is 0 Å². The maximum Gasteiger partial charge on any atom is 0.408 e. The average Bonchev–Trinajstić information content (AvgIpc) is 2.28. The SMILES string of the molecule is CC1(c2cccc(S(=O)(=O)Cl)c2)CCNC(=O)O1. The Labute approximate surface area is 110 Å². The second-order valence-electron chi connectivity index (χ2n) is 4.26. The zero-order chi connectivity index (χ0) is 13.4. The van der Waals surface area contributed by atoms with Gasteiger partial charge in [-0.15, -0.1) is 0 Å². The van der Waals surface area contributed by atoms with Crippen molar-refractivity contribution in [2.75, 3.05) is 6.54 Å². The monoisotopic (exact) mass is 289 g/mol. The molecule has 1 aliphatic heterocycles. The van der Waals surface area contributed by atoms with E-state index in [1.807, 2.05) is 0 Å². The molecule has 1 heterocycles. The largest absolute Gasteiger partial charge is 0.438 e. The summed E-state index contributed by atoms with van der Waals surface area (Å²) in [6, 6.07) is 6.12. The molecule has 98 valence electrons. The number of carbonyl (C=O) groups is 1. The standard InChI is InChI=1S/C11H12ClNO4S/c1-11(5-6-13-10(14)17-11)8-3-2-4-9(7-8)18(12,15)16/h2-4,7H,5-6H2,1H3,(H,13,14). The number of ether oxygens (including phenoxy) is 1. The van der Waals surface area contributed by atoms with E-state index in [-0.39, 0.29) is 4.90 Å². The fourth-order valence-corrected chi connectivity index (χ4v) is 2.67.